The summed E-state index contributed by atoms with van der Waals surface area (Å²) in [7, 11) is 0. The third-order valence-electron chi connectivity index (χ3n) is 5.01. The lowest BCUT2D eigenvalue weighted by Gasteiger charge is -2.22. The zero-order valence-electron chi connectivity index (χ0n) is 15.4. The Balaban J connectivity index is 1.49. The van der Waals surface area contributed by atoms with Crippen LogP contribution in [0.3, 0.4) is 0 Å². The monoisotopic (exact) mass is 414 g/mol. The maximum absolute atomic E-state index is 12.7. The number of carbonyl (C=O) groups excluding carboxylic acids is 2. The molecule has 1 aliphatic heterocycles. The van der Waals surface area contributed by atoms with E-state index in [-0.39, 0.29) is 12.5 Å². The first kappa shape index (κ1) is 18.9. The number of thiophene rings is 1. The van der Waals surface area contributed by atoms with Crippen molar-refractivity contribution in [1.29, 1.82) is 0 Å². The van der Waals surface area contributed by atoms with Crippen LogP contribution in [0.2, 0.25) is 5.02 Å². The molecule has 0 unspecified atom stereocenters. The van der Waals surface area contributed by atoms with Crippen LogP contribution in [-0.2, 0) is 16.1 Å². The number of fused-ring (bicyclic) bond motifs is 1. The fraction of sp³-hybridized carbons (Fsp3) is 0.286. The summed E-state index contributed by atoms with van der Waals surface area (Å²) in [5.41, 5.74) is 2.25. The Hall–Kier alpha value is -2.44. The Morgan fingerprint density at radius 2 is 2.11 bits per heavy atom. The van der Waals surface area contributed by atoms with Gasteiger partial charge in [0.05, 0.1) is 21.1 Å². The number of aromatic nitrogens is 1. The highest BCUT2D eigenvalue weighted by Gasteiger charge is 2.36. The van der Waals surface area contributed by atoms with Crippen LogP contribution in [-0.4, -0.2) is 34.3 Å². The lowest BCUT2D eigenvalue weighted by Crippen LogP contribution is -2.41. The van der Waals surface area contributed by atoms with E-state index in [4.69, 9.17) is 16.3 Å². The van der Waals surface area contributed by atoms with Crippen LogP contribution < -0.4 is 0 Å². The number of aryl methyl sites for hydroxylation is 1. The first-order valence-electron chi connectivity index (χ1n) is 9.11. The van der Waals surface area contributed by atoms with Crippen molar-refractivity contribution < 1.29 is 14.3 Å². The van der Waals surface area contributed by atoms with Crippen LogP contribution in [0.1, 0.15) is 33.8 Å². The molecule has 144 valence electrons. The average molecular weight is 415 g/mol. The molecular weight excluding hydrogens is 396 g/mol. The predicted molar refractivity (Wildman–Crippen MR) is 110 cm³/mol. The second kappa shape index (κ2) is 7.89. The fourth-order valence-electron chi connectivity index (χ4n) is 3.55. The summed E-state index contributed by atoms with van der Waals surface area (Å²) in [5.74, 6) is -0.529. The van der Waals surface area contributed by atoms with Gasteiger partial charge in [-0.1, -0.05) is 35.9 Å². The molecule has 0 bridgehead atoms. The zero-order chi connectivity index (χ0) is 19.7. The predicted octanol–water partition coefficient (Wildman–Crippen LogP) is 4.61. The van der Waals surface area contributed by atoms with E-state index in [0.717, 1.165) is 22.9 Å². The van der Waals surface area contributed by atoms with E-state index in [1.165, 1.54) is 11.3 Å². The van der Waals surface area contributed by atoms with Crippen LogP contribution >= 0.6 is 22.9 Å². The number of hydrogen-bond donors (Lipinski definition) is 0. The third-order valence-corrected chi connectivity index (χ3v) is 6.37. The van der Waals surface area contributed by atoms with Crippen LogP contribution in [0.15, 0.2) is 41.8 Å². The van der Waals surface area contributed by atoms with Gasteiger partial charge in [-0.05, 0) is 42.8 Å². The lowest BCUT2D eigenvalue weighted by molar-refractivity contribution is -0.149. The van der Waals surface area contributed by atoms with Gasteiger partial charge in [0, 0.05) is 11.9 Å². The number of pyridine rings is 1. The van der Waals surface area contributed by atoms with Crippen LogP contribution in [0.4, 0.5) is 0 Å². The van der Waals surface area contributed by atoms with Crippen LogP contribution in [0, 0.1) is 6.92 Å². The SMILES string of the molecule is Cc1c(Cl)c(COC(=O)[C@@H]2CCCN2C(=O)c2cccs2)nc2ccccc12. The maximum Gasteiger partial charge on any atom is 0.329 e. The van der Waals surface area contributed by atoms with E-state index >= 15 is 0 Å². The molecule has 0 aliphatic carbocycles. The Morgan fingerprint density at radius 3 is 2.89 bits per heavy atom. The number of hydrogen-bond acceptors (Lipinski definition) is 5. The quantitative estimate of drug-likeness (QED) is 0.585. The molecule has 1 fully saturated rings. The molecule has 1 atom stereocenters. The first-order valence-corrected chi connectivity index (χ1v) is 10.4. The molecule has 1 amide bonds. The zero-order valence-corrected chi connectivity index (χ0v) is 16.9. The highest BCUT2D eigenvalue weighted by atomic mass is 35.5. The number of ether oxygens (including phenoxy) is 1. The van der Waals surface area contributed by atoms with Crippen molar-refractivity contribution in [1.82, 2.24) is 9.88 Å². The maximum atomic E-state index is 12.7. The second-order valence-electron chi connectivity index (χ2n) is 6.76. The number of rotatable bonds is 4. The van der Waals surface area contributed by atoms with Gasteiger partial charge in [-0.15, -0.1) is 11.3 Å². The summed E-state index contributed by atoms with van der Waals surface area (Å²) < 4.78 is 5.52. The van der Waals surface area contributed by atoms with Crippen molar-refractivity contribution in [3.63, 3.8) is 0 Å². The lowest BCUT2D eigenvalue weighted by atomic mass is 10.1. The molecule has 0 radical (unpaired) electrons. The third kappa shape index (κ3) is 3.50. The standard InChI is InChI=1S/C21H19ClN2O3S/c1-13-14-6-2-3-7-15(14)23-16(19(13)22)12-27-21(26)17-8-4-10-24(17)20(25)18-9-5-11-28-18/h2-3,5-7,9,11,17H,4,8,10,12H2,1H3/t17-/m0/s1. The molecule has 0 N–H and O–H groups in total. The number of likely N-dealkylation sites (tertiary alicyclic amines) is 1. The minimum absolute atomic E-state index is 0.0130. The molecule has 3 aromatic rings. The summed E-state index contributed by atoms with van der Waals surface area (Å²) in [6.45, 7) is 2.47. The largest absolute Gasteiger partial charge is 0.458 e. The minimum Gasteiger partial charge on any atom is -0.458 e. The molecule has 7 heteroatoms. The molecule has 2 aromatic heterocycles. The van der Waals surface area contributed by atoms with Crippen molar-refractivity contribution in [3.05, 3.63) is 62.9 Å². The molecule has 0 saturated carbocycles. The molecule has 4 rings (SSSR count). The van der Waals surface area contributed by atoms with Gasteiger partial charge in [0.1, 0.15) is 12.6 Å². The number of carbonyl (C=O) groups is 2. The summed E-state index contributed by atoms with van der Waals surface area (Å²) in [6.07, 6.45) is 1.39. The van der Waals surface area contributed by atoms with Crippen molar-refractivity contribution in [2.24, 2.45) is 0 Å². The van der Waals surface area contributed by atoms with E-state index in [1.54, 1.807) is 11.0 Å². The number of nitrogens with zero attached hydrogens (tertiary/aromatic N) is 2. The topological polar surface area (TPSA) is 59.5 Å². The normalized spacial score (nSPS) is 16.5. The number of halogens is 1. The molecule has 1 aromatic carbocycles. The van der Waals surface area contributed by atoms with Gasteiger partial charge in [-0.3, -0.25) is 4.79 Å². The molecule has 0 spiro atoms. The van der Waals surface area contributed by atoms with Crippen molar-refractivity contribution >= 4 is 45.7 Å². The van der Waals surface area contributed by atoms with Gasteiger partial charge in [-0.2, -0.15) is 0 Å². The molecule has 3 heterocycles. The van der Waals surface area contributed by atoms with Crippen LogP contribution in [0.25, 0.3) is 10.9 Å². The summed E-state index contributed by atoms with van der Waals surface area (Å²) in [6, 6.07) is 10.8. The van der Waals surface area contributed by atoms with E-state index < -0.39 is 12.0 Å². The average Bonchev–Trinajstić information content (AvgIpc) is 3.41. The summed E-state index contributed by atoms with van der Waals surface area (Å²) in [4.78, 5) is 32.1. The Bertz CT molecular complexity index is 1040. The Kier molecular flexibility index (Phi) is 5.33. The van der Waals surface area contributed by atoms with Crippen molar-refractivity contribution in [3.8, 4) is 0 Å². The van der Waals surface area contributed by atoms with Gasteiger partial charge in [0.15, 0.2) is 0 Å². The summed E-state index contributed by atoms with van der Waals surface area (Å²) in [5, 5.41) is 3.34. The summed E-state index contributed by atoms with van der Waals surface area (Å²) >= 11 is 7.82. The molecule has 1 saturated heterocycles. The first-order chi connectivity index (χ1) is 13.6. The van der Waals surface area contributed by atoms with E-state index in [2.05, 4.69) is 4.98 Å². The number of para-hydroxylation sites is 1. The second-order valence-corrected chi connectivity index (χ2v) is 8.08. The van der Waals surface area contributed by atoms with Crippen molar-refractivity contribution in [2.45, 2.75) is 32.4 Å². The number of esters is 1. The van der Waals surface area contributed by atoms with E-state index in [1.807, 2.05) is 42.6 Å². The van der Waals surface area contributed by atoms with Gasteiger partial charge in [0.25, 0.3) is 5.91 Å². The Morgan fingerprint density at radius 1 is 1.29 bits per heavy atom. The molecular formula is C21H19ClN2O3S. The van der Waals surface area contributed by atoms with Gasteiger partial charge in [0.2, 0.25) is 0 Å². The Labute approximate surface area is 171 Å². The minimum atomic E-state index is -0.560. The number of amides is 1. The molecule has 1 aliphatic rings. The molecule has 28 heavy (non-hydrogen) atoms. The van der Waals surface area contributed by atoms with Gasteiger partial charge < -0.3 is 9.64 Å². The van der Waals surface area contributed by atoms with E-state index in [9.17, 15) is 9.59 Å². The highest BCUT2D eigenvalue weighted by Crippen LogP contribution is 2.28. The van der Waals surface area contributed by atoms with Crippen molar-refractivity contribution in [2.75, 3.05) is 6.54 Å². The van der Waals surface area contributed by atoms with E-state index in [0.29, 0.717) is 28.6 Å². The molecule has 5 nitrogen and oxygen atoms in total. The highest BCUT2D eigenvalue weighted by molar-refractivity contribution is 7.12. The van der Waals surface area contributed by atoms with Gasteiger partial charge in [-0.25, -0.2) is 9.78 Å². The van der Waals surface area contributed by atoms with Gasteiger partial charge >= 0.3 is 5.97 Å². The fourth-order valence-corrected chi connectivity index (χ4v) is 4.42. The van der Waals surface area contributed by atoms with Crippen LogP contribution in [0.5, 0.6) is 0 Å². The smallest absolute Gasteiger partial charge is 0.329 e. The number of benzene rings is 1.